The molecule has 0 radical (unpaired) electrons. The highest BCUT2D eigenvalue weighted by molar-refractivity contribution is 5.85. The van der Waals surface area contributed by atoms with E-state index in [2.05, 4.69) is 28.3 Å². The molecule has 1 aromatic carbocycles. The van der Waals surface area contributed by atoms with E-state index < -0.39 is 0 Å². The fourth-order valence-corrected chi connectivity index (χ4v) is 3.19. The molecule has 120 valence electrons. The summed E-state index contributed by atoms with van der Waals surface area (Å²) >= 11 is 0. The molecule has 0 aliphatic carbocycles. The molecular weight excluding hydrogens is 296 g/mol. The second-order valence-corrected chi connectivity index (χ2v) is 5.95. The van der Waals surface area contributed by atoms with Crippen molar-refractivity contribution in [1.29, 1.82) is 0 Å². The highest BCUT2D eigenvalue weighted by Crippen LogP contribution is 2.20. The summed E-state index contributed by atoms with van der Waals surface area (Å²) in [6.07, 6.45) is 7.90. The summed E-state index contributed by atoms with van der Waals surface area (Å²) in [5.41, 5.74) is 8.09. The molecule has 0 spiro atoms. The number of rotatable bonds is 5. The van der Waals surface area contributed by atoms with E-state index in [4.69, 9.17) is 5.73 Å². The Morgan fingerprint density at radius 1 is 1.23 bits per heavy atom. The van der Waals surface area contributed by atoms with Gasteiger partial charge in [0.1, 0.15) is 0 Å². The van der Waals surface area contributed by atoms with Crippen LogP contribution in [0.15, 0.2) is 42.7 Å². The van der Waals surface area contributed by atoms with Crippen LogP contribution in [0, 0.1) is 5.92 Å². The van der Waals surface area contributed by atoms with Gasteiger partial charge in [-0.05, 0) is 50.4 Å². The van der Waals surface area contributed by atoms with Gasteiger partial charge < -0.3 is 5.73 Å². The summed E-state index contributed by atoms with van der Waals surface area (Å²) < 4.78 is 1.96. The van der Waals surface area contributed by atoms with Crippen molar-refractivity contribution in [1.82, 2.24) is 14.7 Å². The van der Waals surface area contributed by atoms with Crippen LogP contribution in [-0.2, 0) is 6.54 Å². The molecule has 0 saturated carbocycles. The van der Waals surface area contributed by atoms with Crippen molar-refractivity contribution in [3.05, 3.63) is 48.3 Å². The minimum atomic E-state index is 0. The minimum absolute atomic E-state index is 0. The molecule has 22 heavy (non-hydrogen) atoms. The number of aromatic nitrogens is 2. The van der Waals surface area contributed by atoms with Gasteiger partial charge in [-0.3, -0.25) is 4.90 Å². The third kappa shape index (κ3) is 4.32. The SMILES string of the molecule is Cl.NCCC1CCCN(Cc2cnn(-c3ccccc3)c2)C1. The predicted molar refractivity (Wildman–Crippen MR) is 92.5 cm³/mol. The molecule has 4 nitrogen and oxygen atoms in total. The topological polar surface area (TPSA) is 47.1 Å². The quantitative estimate of drug-likeness (QED) is 0.921. The molecule has 2 heterocycles. The highest BCUT2D eigenvalue weighted by atomic mass is 35.5. The number of para-hydroxylation sites is 1. The number of nitrogens with two attached hydrogens (primary N) is 1. The summed E-state index contributed by atoms with van der Waals surface area (Å²) in [6, 6.07) is 10.3. The molecule has 1 fully saturated rings. The lowest BCUT2D eigenvalue weighted by Crippen LogP contribution is -2.35. The first-order valence-corrected chi connectivity index (χ1v) is 7.86. The Balaban J connectivity index is 0.00000176. The summed E-state index contributed by atoms with van der Waals surface area (Å²) in [6.45, 7) is 4.17. The average Bonchev–Trinajstić information content (AvgIpc) is 2.97. The van der Waals surface area contributed by atoms with Gasteiger partial charge in [0, 0.05) is 24.8 Å². The normalized spacial score (nSPS) is 18.9. The van der Waals surface area contributed by atoms with Crippen LogP contribution in [0.25, 0.3) is 5.69 Å². The zero-order chi connectivity index (χ0) is 14.5. The Morgan fingerprint density at radius 2 is 2.05 bits per heavy atom. The third-order valence-electron chi connectivity index (χ3n) is 4.24. The number of benzene rings is 1. The zero-order valence-corrected chi connectivity index (χ0v) is 13.7. The molecule has 1 unspecified atom stereocenters. The fraction of sp³-hybridized carbons (Fsp3) is 0.471. The van der Waals surface area contributed by atoms with Crippen LogP contribution in [0.2, 0.25) is 0 Å². The van der Waals surface area contributed by atoms with Gasteiger partial charge in [0.2, 0.25) is 0 Å². The van der Waals surface area contributed by atoms with E-state index in [0.717, 1.165) is 31.1 Å². The Bertz CT molecular complexity index is 553. The second-order valence-electron chi connectivity index (χ2n) is 5.95. The van der Waals surface area contributed by atoms with Crippen LogP contribution in [-0.4, -0.2) is 34.3 Å². The van der Waals surface area contributed by atoms with Gasteiger partial charge >= 0.3 is 0 Å². The second kappa shape index (κ2) is 8.32. The first kappa shape index (κ1) is 17.0. The van der Waals surface area contributed by atoms with Gasteiger partial charge in [0.15, 0.2) is 0 Å². The van der Waals surface area contributed by atoms with Crippen molar-refractivity contribution in [2.24, 2.45) is 11.7 Å². The van der Waals surface area contributed by atoms with E-state index in [-0.39, 0.29) is 12.4 Å². The maximum absolute atomic E-state index is 5.69. The maximum atomic E-state index is 5.69. The van der Waals surface area contributed by atoms with Crippen LogP contribution in [0.4, 0.5) is 0 Å². The zero-order valence-electron chi connectivity index (χ0n) is 12.9. The molecule has 5 heteroatoms. The molecule has 0 bridgehead atoms. The van der Waals surface area contributed by atoms with E-state index in [0.29, 0.717) is 0 Å². The van der Waals surface area contributed by atoms with E-state index in [9.17, 15) is 0 Å². The summed E-state index contributed by atoms with van der Waals surface area (Å²) in [5.74, 6) is 0.771. The smallest absolute Gasteiger partial charge is 0.0645 e. The average molecular weight is 321 g/mol. The Morgan fingerprint density at radius 3 is 2.82 bits per heavy atom. The monoisotopic (exact) mass is 320 g/mol. The minimum Gasteiger partial charge on any atom is -0.330 e. The van der Waals surface area contributed by atoms with Crippen LogP contribution < -0.4 is 5.73 Å². The van der Waals surface area contributed by atoms with Crippen molar-refractivity contribution in [3.8, 4) is 5.69 Å². The largest absolute Gasteiger partial charge is 0.330 e. The van der Waals surface area contributed by atoms with Crippen LogP contribution >= 0.6 is 12.4 Å². The van der Waals surface area contributed by atoms with Crippen molar-refractivity contribution < 1.29 is 0 Å². The first-order chi connectivity index (χ1) is 10.3. The van der Waals surface area contributed by atoms with Crippen molar-refractivity contribution in [2.75, 3.05) is 19.6 Å². The summed E-state index contributed by atoms with van der Waals surface area (Å²) in [7, 11) is 0. The highest BCUT2D eigenvalue weighted by Gasteiger charge is 2.19. The fourth-order valence-electron chi connectivity index (χ4n) is 3.19. The van der Waals surface area contributed by atoms with Gasteiger partial charge in [0.25, 0.3) is 0 Å². The number of likely N-dealkylation sites (tertiary alicyclic amines) is 1. The summed E-state index contributed by atoms with van der Waals surface area (Å²) in [5, 5.41) is 4.48. The molecule has 2 N–H and O–H groups in total. The van der Waals surface area contributed by atoms with Crippen LogP contribution in [0.3, 0.4) is 0 Å². The molecular formula is C17H25ClN4. The van der Waals surface area contributed by atoms with E-state index in [1.54, 1.807) is 0 Å². The van der Waals surface area contributed by atoms with Crippen molar-refractivity contribution >= 4 is 12.4 Å². The molecule has 1 aromatic heterocycles. The molecule has 0 amide bonds. The van der Waals surface area contributed by atoms with Gasteiger partial charge in [0.05, 0.1) is 11.9 Å². The first-order valence-electron chi connectivity index (χ1n) is 7.86. The number of nitrogens with zero attached hydrogens (tertiary/aromatic N) is 3. The Hall–Kier alpha value is -1.36. The number of hydrogen-bond donors (Lipinski definition) is 1. The van der Waals surface area contributed by atoms with E-state index in [1.165, 1.54) is 31.5 Å². The van der Waals surface area contributed by atoms with Gasteiger partial charge in [-0.2, -0.15) is 5.10 Å². The standard InChI is InChI=1S/C17H24N4.ClH/c18-9-8-15-5-4-10-20(12-15)13-16-11-19-21(14-16)17-6-2-1-3-7-17;/h1-3,6-7,11,14-15H,4-5,8-10,12-13,18H2;1H. The molecule has 2 aromatic rings. The number of hydrogen-bond acceptors (Lipinski definition) is 3. The molecule has 1 atom stereocenters. The molecule has 3 rings (SSSR count). The van der Waals surface area contributed by atoms with Crippen LogP contribution in [0.1, 0.15) is 24.8 Å². The van der Waals surface area contributed by atoms with Crippen LogP contribution in [0.5, 0.6) is 0 Å². The maximum Gasteiger partial charge on any atom is 0.0645 e. The lowest BCUT2D eigenvalue weighted by Gasteiger charge is -2.32. The van der Waals surface area contributed by atoms with E-state index in [1.807, 2.05) is 29.1 Å². The predicted octanol–water partition coefficient (Wildman–Crippen LogP) is 2.85. The van der Waals surface area contributed by atoms with E-state index >= 15 is 0 Å². The Labute approximate surface area is 138 Å². The molecule has 1 saturated heterocycles. The van der Waals surface area contributed by atoms with Gasteiger partial charge in [-0.25, -0.2) is 4.68 Å². The lowest BCUT2D eigenvalue weighted by atomic mass is 9.95. The lowest BCUT2D eigenvalue weighted by molar-refractivity contribution is 0.163. The molecule has 1 aliphatic heterocycles. The van der Waals surface area contributed by atoms with Crippen molar-refractivity contribution in [3.63, 3.8) is 0 Å². The number of halogens is 1. The van der Waals surface area contributed by atoms with Crippen molar-refractivity contribution in [2.45, 2.75) is 25.8 Å². The molecule has 1 aliphatic rings. The number of piperidine rings is 1. The van der Waals surface area contributed by atoms with Gasteiger partial charge in [-0.15, -0.1) is 12.4 Å². The third-order valence-corrected chi connectivity index (χ3v) is 4.24. The summed E-state index contributed by atoms with van der Waals surface area (Å²) in [4.78, 5) is 2.54. The Kier molecular flexibility index (Phi) is 6.43. The van der Waals surface area contributed by atoms with Gasteiger partial charge in [-0.1, -0.05) is 18.2 Å².